The van der Waals surface area contributed by atoms with Gasteiger partial charge in [0.05, 0.1) is 18.2 Å². The smallest absolute Gasteiger partial charge is 0.339 e. The Hall–Kier alpha value is -2.14. The highest BCUT2D eigenvalue weighted by molar-refractivity contribution is 6.03. The summed E-state index contributed by atoms with van der Waals surface area (Å²) in [5.74, 6) is 0.102. The van der Waals surface area contributed by atoms with Crippen LogP contribution in [0.5, 0.6) is 5.88 Å². The predicted octanol–water partition coefficient (Wildman–Crippen LogP) is 2.89. The van der Waals surface area contributed by atoms with Gasteiger partial charge in [0.1, 0.15) is 6.61 Å². The van der Waals surface area contributed by atoms with Crippen LogP contribution < -0.4 is 4.74 Å². The van der Waals surface area contributed by atoms with E-state index in [1.165, 1.54) is 19.3 Å². The van der Waals surface area contributed by atoms with Crippen LogP contribution in [0.15, 0.2) is 30.3 Å². The second-order valence-corrected chi connectivity index (χ2v) is 5.77. The number of esters is 1. The molecule has 1 aliphatic heterocycles. The molecule has 1 aliphatic rings. The number of methoxy groups -OCH3 is 1. The molecule has 0 radical (unpaired) electrons. The maximum atomic E-state index is 12.4. The van der Waals surface area contributed by atoms with Crippen LogP contribution >= 0.6 is 0 Å². The quantitative estimate of drug-likeness (QED) is 0.794. The third-order valence-electron chi connectivity index (χ3n) is 4.21. The van der Waals surface area contributed by atoms with Crippen molar-refractivity contribution in [2.24, 2.45) is 0 Å². The van der Waals surface area contributed by atoms with Crippen molar-refractivity contribution in [2.75, 3.05) is 33.4 Å². The van der Waals surface area contributed by atoms with Gasteiger partial charge in [0.25, 0.3) is 0 Å². The molecule has 23 heavy (non-hydrogen) atoms. The topological polar surface area (TPSA) is 51.7 Å². The fourth-order valence-corrected chi connectivity index (χ4v) is 2.95. The van der Waals surface area contributed by atoms with E-state index in [4.69, 9.17) is 9.47 Å². The first-order valence-electron chi connectivity index (χ1n) is 8.11. The molecule has 0 spiro atoms. The summed E-state index contributed by atoms with van der Waals surface area (Å²) in [5, 5.41) is 0.788. The fourth-order valence-electron chi connectivity index (χ4n) is 2.95. The van der Waals surface area contributed by atoms with Gasteiger partial charge >= 0.3 is 5.97 Å². The lowest BCUT2D eigenvalue weighted by Crippen LogP contribution is -2.33. The van der Waals surface area contributed by atoms with Gasteiger partial charge in [-0.3, -0.25) is 4.90 Å². The fraction of sp³-hybridized carbons (Fsp3) is 0.444. The van der Waals surface area contributed by atoms with Gasteiger partial charge in [-0.2, -0.15) is 0 Å². The molecule has 5 heteroatoms. The third kappa shape index (κ3) is 3.79. The number of ether oxygens (including phenoxy) is 2. The van der Waals surface area contributed by atoms with Gasteiger partial charge < -0.3 is 9.47 Å². The number of nitrogens with zero attached hydrogens (tertiary/aromatic N) is 2. The van der Waals surface area contributed by atoms with E-state index in [0.717, 1.165) is 30.5 Å². The van der Waals surface area contributed by atoms with E-state index >= 15 is 0 Å². The summed E-state index contributed by atoms with van der Waals surface area (Å²) in [6.07, 6.45) is 3.78. The molecule has 2 aromatic rings. The zero-order valence-corrected chi connectivity index (χ0v) is 13.5. The van der Waals surface area contributed by atoms with Crippen molar-refractivity contribution in [1.29, 1.82) is 0 Å². The summed E-state index contributed by atoms with van der Waals surface area (Å²) >= 11 is 0. The molecule has 0 aliphatic carbocycles. The number of fused-ring (bicyclic) bond motifs is 1. The number of piperidine rings is 1. The summed E-state index contributed by atoms with van der Waals surface area (Å²) in [5.41, 5.74) is 1.24. The lowest BCUT2D eigenvalue weighted by molar-refractivity contribution is 0.0454. The molecule has 3 rings (SSSR count). The Morgan fingerprint density at radius 1 is 1.22 bits per heavy atom. The first-order chi connectivity index (χ1) is 11.3. The van der Waals surface area contributed by atoms with Crippen LogP contribution in [0.25, 0.3) is 10.9 Å². The Balaban J connectivity index is 1.69. The summed E-state index contributed by atoms with van der Waals surface area (Å²) in [4.78, 5) is 19.1. The zero-order valence-electron chi connectivity index (χ0n) is 13.5. The molecule has 122 valence electrons. The molecule has 1 aromatic carbocycles. The molecule has 1 fully saturated rings. The van der Waals surface area contributed by atoms with E-state index in [9.17, 15) is 4.79 Å². The van der Waals surface area contributed by atoms with Crippen LogP contribution in [-0.4, -0.2) is 49.2 Å². The molecule has 1 aromatic heterocycles. The van der Waals surface area contributed by atoms with E-state index in [2.05, 4.69) is 9.88 Å². The predicted molar refractivity (Wildman–Crippen MR) is 88.9 cm³/mol. The van der Waals surface area contributed by atoms with Gasteiger partial charge in [0.2, 0.25) is 5.88 Å². The molecule has 0 amide bonds. The maximum absolute atomic E-state index is 12.4. The van der Waals surface area contributed by atoms with Crippen LogP contribution in [0.2, 0.25) is 0 Å². The normalized spacial score (nSPS) is 15.5. The van der Waals surface area contributed by atoms with Gasteiger partial charge in [-0.1, -0.05) is 24.6 Å². The first-order valence-corrected chi connectivity index (χ1v) is 8.11. The number of pyridine rings is 1. The van der Waals surface area contributed by atoms with Crippen molar-refractivity contribution in [1.82, 2.24) is 9.88 Å². The number of para-hydroxylation sites is 1. The third-order valence-corrected chi connectivity index (χ3v) is 4.21. The maximum Gasteiger partial charge on any atom is 0.339 e. The molecule has 5 nitrogen and oxygen atoms in total. The average molecular weight is 314 g/mol. The highest BCUT2D eigenvalue weighted by atomic mass is 16.5. The Kier molecular flexibility index (Phi) is 5.08. The Bertz CT molecular complexity index is 681. The van der Waals surface area contributed by atoms with Crippen LogP contribution in [-0.2, 0) is 4.74 Å². The molecule has 2 heterocycles. The van der Waals surface area contributed by atoms with Gasteiger partial charge in [-0.15, -0.1) is 0 Å². The molecule has 0 unspecified atom stereocenters. The molecule has 0 atom stereocenters. The molecule has 1 saturated heterocycles. The highest BCUT2D eigenvalue weighted by Crippen LogP contribution is 2.22. The van der Waals surface area contributed by atoms with E-state index < -0.39 is 0 Å². The SMILES string of the molecule is COc1cc(C(=O)OCCN2CCCCC2)c2ccccc2n1. The summed E-state index contributed by atoms with van der Waals surface area (Å²) < 4.78 is 10.7. The van der Waals surface area contributed by atoms with Gasteiger partial charge in [0, 0.05) is 18.0 Å². The van der Waals surface area contributed by atoms with Crippen molar-refractivity contribution in [2.45, 2.75) is 19.3 Å². The standard InChI is InChI=1S/C18H22N2O3/c1-22-17-13-15(14-7-3-4-8-16(14)19-17)18(21)23-12-11-20-9-5-2-6-10-20/h3-4,7-8,13H,2,5-6,9-12H2,1H3. The summed E-state index contributed by atoms with van der Waals surface area (Å²) in [6.45, 7) is 3.41. The number of carbonyl (C=O) groups excluding carboxylic acids is 1. The Labute approximate surface area is 136 Å². The second-order valence-electron chi connectivity index (χ2n) is 5.77. The number of benzene rings is 1. The first kappa shape index (κ1) is 15.7. The largest absolute Gasteiger partial charge is 0.481 e. The Morgan fingerprint density at radius 3 is 2.78 bits per heavy atom. The minimum Gasteiger partial charge on any atom is -0.481 e. The number of carbonyl (C=O) groups is 1. The molecule has 0 N–H and O–H groups in total. The van der Waals surface area contributed by atoms with Crippen molar-refractivity contribution >= 4 is 16.9 Å². The van der Waals surface area contributed by atoms with Crippen molar-refractivity contribution in [3.8, 4) is 5.88 Å². The van der Waals surface area contributed by atoms with Crippen LogP contribution in [0, 0.1) is 0 Å². The number of hydrogen-bond acceptors (Lipinski definition) is 5. The highest BCUT2D eigenvalue weighted by Gasteiger charge is 2.16. The number of likely N-dealkylation sites (tertiary alicyclic amines) is 1. The molecule has 0 bridgehead atoms. The van der Waals surface area contributed by atoms with E-state index in [-0.39, 0.29) is 5.97 Å². The number of rotatable bonds is 5. The van der Waals surface area contributed by atoms with Crippen LogP contribution in [0.1, 0.15) is 29.6 Å². The minimum absolute atomic E-state index is 0.320. The van der Waals surface area contributed by atoms with Gasteiger partial charge in [-0.25, -0.2) is 9.78 Å². The number of hydrogen-bond donors (Lipinski definition) is 0. The lowest BCUT2D eigenvalue weighted by Gasteiger charge is -2.25. The van der Waals surface area contributed by atoms with Crippen molar-refractivity contribution in [3.63, 3.8) is 0 Å². The van der Waals surface area contributed by atoms with Crippen molar-refractivity contribution < 1.29 is 14.3 Å². The minimum atomic E-state index is -0.320. The Morgan fingerprint density at radius 2 is 2.00 bits per heavy atom. The number of aromatic nitrogens is 1. The monoisotopic (exact) mass is 314 g/mol. The van der Waals surface area contributed by atoms with Crippen LogP contribution in [0.4, 0.5) is 0 Å². The molecular weight excluding hydrogens is 292 g/mol. The summed E-state index contributed by atoms with van der Waals surface area (Å²) in [7, 11) is 1.54. The molecule has 0 saturated carbocycles. The van der Waals surface area contributed by atoms with Crippen LogP contribution in [0.3, 0.4) is 0 Å². The van der Waals surface area contributed by atoms with E-state index in [0.29, 0.717) is 18.1 Å². The average Bonchev–Trinajstić information content (AvgIpc) is 2.61. The van der Waals surface area contributed by atoms with E-state index in [1.807, 2.05) is 24.3 Å². The van der Waals surface area contributed by atoms with Gasteiger partial charge in [-0.05, 0) is 32.0 Å². The lowest BCUT2D eigenvalue weighted by atomic mass is 10.1. The van der Waals surface area contributed by atoms with Gasteiger partial charge in [0.15, 0.2) is 0 Å². The zero-order chi connectivity index (χ0) is 16.1. The molecular formula is C18H22N2O3. The van der Waals surface area contributed by atoms with E-state index in [1.54, 1.807) is 13.2 Å². The summed E-state index contributed by atoms with van der Waals surface area (Å²) in [6, 6.07) is 9.16. The van der Waals surface area contributed by atoms with Crippen molar-refractivity contribution in [3.05, 3.63) is 35.9 Å². The second kappa shape index (κ2) is 7.42.